The summed E-state index contributed by atoms with van der Waals surface area (Å²) in [5.74, 6) is 0.592. The molecule has 0 saturated carbocycles. The van der Waals surface area contributed by atoms with Crippen molar-refractivity contribution in [2.45, 2.75) is 20.4 Å². The molecule has 3 heterocycles. The Bertz CT molecular complexity index is 1110. The summed E-state index contributed by atoms with van der Waals surface area (Å²) in [6, 6.07) is 17.3. The predicted molar refractivity (Wildman–Crippen MR) is 102 cm³/mol. The first-order valence-corrected chi connectivity index (χ1v) is 9.08. The molecule has 130 valence electrons. The number of benzene rings is 1. The van der Waals surface area contributed by atoms with E-state index in [1.165, 1.54) is 21.2 Å². The molecule has 6 heteroatoms. The SMILES string of the molecule is Cc1ccc(-c2cc(Cn3nc(-c4ccc(C)s4)ccc3=O)on2)cc1. The van der Waals surface area contributed by atoms with E-state index in [4.69, 9.17) is 4.52 Å². The lowest BCUT2D eigenvalue weighted by atomic mass is 10.1. The van der Waals surface area contributed by atoms with Gasteiger partial charge in [-0.2, -0.15) is 5.10 Å². The van der Waals surface area contributed by atoms with Crippen molar-refractivity contribution < 1.29 is 4.52 Å². The molecule has 4 rings (SSSR count). The average molecular weight is 363 g/mol. The van der Waals surface area contributed by atoms with Crippen LogP contribution in [-0.2, 0) is 6.54 Å². The van der Waals surface area contributed by atoms with Crippen LogP contribution in [0.1, 0.15) is 16.2 Å². The summed E-state index contributed by atoms with van der Waals surface area (Å²) in [4.78, 5) is 14.4. The molecule has 0 N–H and O–H groups in total. The van der Waals surface area contributed by atoms with Crippen LogP contribution in [0.5, 0.6) is 0 Å². The predicted octanol–water partition coefficient (Wildman–Crippen LogP) is 4.29. The molecule has 1 aromatic carbocycles. The van der Waals surface area contributed by atoms with E-state index in [1.807, 2.05) is 56.3 Å². The zero-order chi connectivity index (χ0) is 18.1. The zero-order valence-corrected chi connectivity index (χ0v) is 15.3. The fourth-order valence-electron chi connectivity index (χ4n) is 2.66. The number of thiophene rings is 1. The van der Waals surface area contributed by atoms with Crippen LogP contribution in [0.15, 0.2) is 63.9 Å². The van der Waals surface area contributed by atoms with E-state index in [9.17, 15) is 4.79 Å². The van der Waals surface area contributed by atoms with Gasteiger partial charge in [-0.1, -0.05) is 35.0 Å². The number of hydrogen-bond donors (Lipinski definition) is 0. The van der Waals surface area contributed by atoms with Gasteiger partial charge in [-0.25, -0.2) is 4.68 Å². The van der Waals surface area contributed by atoms with Crippen molar-refractivity contribution in [3.8, 4) is 21.8 Å². The highest BCUT2D eigenvalue weighted by Crippen LogP contribution is 2.25. The van der Waals surface area contributed by atoms with Crippen molar-refractivity contribution in [3.63, 3.8) is 0 Å². The lowest BCUT2D eigenvalue weighted by Crippen LogP contribution is -2.22. The van der Waals surface area contributed by atoms with Crippen LogP contribution < -0.4 is 5.56 Å². The van der Waals surface area contributed by atoms with Crippen molar-refractivity contribution in [1.29, 1.82) is 0 Å². The molecule has 0 aliphatic rings. The Kier molecular flexibility index (Phi) is 4.26. The Hall–Kier alpha value is -2.99. The van der Waals surface area contributed by atoms with Crippen LogP contribution in [0.2, 0.25) is 0 Å². The van der Waals surface area contributed by atoms with Gasteiger partial charge < -0.3 is 4.52 Å². The number of rotatable bonds is 4. The quantitative estimate of drug-likeness (QED) is 0.543. The largest absolute Gasteiger partial charge is 0.359 e. The maximum atomic E-state index is 12.2. The van der Waals surface area contributed by atoms with Crippen LogP contribution >= 0.6 is 11.3 Å². The highest BCUT2D eigenvalue weighted by atomic mass is 32.1. The molecule has 0 aliphatic heterocycles. The van der Waals surface area contributed by atoms with Crippen molar-refractivity contribution in [3.05, 3.63) is 81.2 Å². The molecule has 0 radical (unpaired) electrons. The fourth-order valence-corrected chi connectivity index (χ4v) is 3.49. The first kappa shape index (κ1) is 16.5. The van der Waals surface area contributed by atoms with Crippen molar-refractivity contribution >= 4 is 11.3 Å². The number of hydrogen-bond acceptors (Lipinski definition) is 5. The minimum Gasteiger partial charge on any atom is -0.359 e. The molecular weight excluding hydrogens is 346 g/mol. The van der Waals surface area contributed by atoms with E-state index in [-0.39, 0.29) is 12.1 Å². The number of aryl methyl sites for hydroxylation is 2. The van der Waals surface area contributed by atoms with Gasteiger partial charge in [-0.05, 0) is 32.0 Å². The highest BCUT2D eigenvalue weighted by molar-refractivity contribution is 7.15. The summed E-state index contributed by atoms with van der Waals surface area (Å²) in [7, 11) is 0. The van der Waals surface area contributed by atoms with E-state index in [1.54, 1.807) is 17.4 Å². The van der Waals surface area contributed by atoms with Gasteiger partial charge in [0.15, 0.2) is 5.76 Å². The second-order valence-corrected chi connectivity index (χ2v) is 7.46. The van der Waals surface area contributed by atoms with Crippen molar-refractivity contribution in [1.82, 2.24) is 14.9 Å². The molecular formula is C20H17N3O2S. The van der Waals surface area contributed by atoms with Crippen LogP contribution in [0.25, 0.3) is 21.8 Å². The van der Waals surface area contributed by atoms with Gasteiger partial charge >= 0.3 is 0 Å². The lowest BCUT2D eigenvalue weighted by Gasteiger charge is -2.03. The van der Waals surface area contributed by atoms with E-state index in [2.05, 4.69) is 10.3 Å². The van der Waals surface area contributed by atoms with Crippen LogP contribution in [0.4, 0.5) is 0 Å². The maximum Gasteiger partial charge on any atom is 0.267 e. The second kappa shape index (κ2) is 6.72. The molecule has 0 atom stereocenters. The van der Waals surface area contributed by atoms with Gasteiger partial charge in [0, 0.05) is 22.6 Å². The summed E-state index contributed by atoms with van der Waals surface area (Å²) >= 11 is 1.65. The van der Waals surface area contributed by atoms with Gasteiger partial charge in [0.05, 0.1) is 4.88 Å². The smallest absolute Gasteiger partial charge is 0.267 e. The molecule has 0 aliphatic carbocycles. The molecule has 0 spiro atoms. The van der Waals surface area contributed by atoms with E-state index in [0.717, 1.165) is 21.8 Å². The minimum atomic E-state index is -0.171. The Balaban J connectivity index is 1.61. The molecule has 0 amide bonds. The third-order valence-electron chi connectivity index (χ3n) is 4.07. The lowest BCUT2D eigenvalue weighted by molar-refractivity contribution is 0.370. The van der Waals surface area contributed by atoms with Gasteiger partial charge in [0.1, 0.15) is 17.9 Å². The molecule has 0 unspecified atom stereocenters. The molecule has 0 bridgehead atoms. The third-order valence-corrected chi connectivity index (χ3v) is 5.09. The average Bonchev–Trinajstić information content (AvgIpc) is 3.27. The summed E-state index contributed by atoms with van der Waals surface area (Å²) < 4.78 is 6.82. The van der Waals surface area contributed by atoms with Gasteiger partial charge in [0.25, 0.3) is 5.56 Å². The van der Waals surface area contributed by atoms with Gasteiger partial charge in [-0.3, -0.25) is 4.79 Å². The molecule has 0 saturated heterocycles. The van der Waals surface area contributed by atoms with E-state index < -0.39 is 0 Å². The van der Waals surface area contributed by atoms with Crippen LogP contribution in [-0.4, -0.2) is 14.9 Å². The molecule has 5 nitrogen and oxygen atoms in total. The second-order valence-electron chi connectivity index (χ2n) is 6.17. The summed E-state index contributed by atoms with van der Waals surface area (Å²) in [5, 5.41) is 8.58. The third kappa shape index (κ3) is 3.36. The minimum absolute atomic E-state index is 0.171. The zero-order valence-electron chi connectivity index (χ0n) is 14.5. The molecule has 3 aromatic heterocycles. The van der Waals surface area contributed by atoms with Gasteiger partial charge in [0.2, 0.25) is 0 Å². The van der Waals surface area contributed by atoms with Crippen LogP contribution in [0.3, 0.4) is 0 Å². The maximum absolute atomic E-state index is 12.2. The number of nitrogens with zero attached hydrogens (tertiary/aromatic N) is 3. The Labute approximate surface area is 154 Å². The molecule has 26 heavy (non-hydrogen) atoms. The standard InChI is InChI=1S/C20H17N3O2S/c1-13-3-6-15(7-4-13)18-11-16(25-22-18)12-23-20(24)10-8-17(21-23)19-9-5-14(2)26-19/h3-11H,12H2,1-2H3. The normalized spacial score (nSPS) is 11.0. The summed E-state index contributed by atoms with van der Waals surface area (Å²) in [5.41, 5.74) is 3.52. The summed E-state index contributed by atoms with van der Waals surface area (Å²) in [6.07, 6.45) is 0. The monoisotopic (exact) mass is 363 g/mol. The fraction of sp³-hybridized carbons (Fsp3) is 0.150. The van der Waals surface area contributed by atoms with Crippen LogP contribution in [0, 0.1) is 13.8 Å². The summed E-state index contributed by atoms with van der Waals surface area (Å²) in [6.45, 7) is 4.33. The molecule has 0 fully saturated rings. The van der Waals surface area contributed by atoms with Crippen molar-refractivity contribution in [2.24, 2.45) is 0 Å². The Morgan fingerprint density at radius 2 is 1.81 bits per heavy atom. The Morgan fingerprint density at radius 1 is 1.00 bits per heavy atom. The first-order chi connectivity index (χ1) is 12.6. The van der Waals surface area contributed by atoms with Crippen molar-refractivity contribution in [2.75, 3.05) is 0 Å². The number of aromatic nitrogens is 3. The van der Waals surface area contributed by atoms with Gasteiger partial charge in [-0.15, -0.1) is 11.3 Å². The Morgan fingerprint density at radius 3 is 2.54 bits per heavy atom. The molecule has 4 aromatic rings. The van der Waals surface area contributed by atoms with E-state index in [0.29, 0.717) is 5.76 Å². The first-order valence-electron chi connectivity index (χ1n) is 8.26. The topological polar surface area (TPSA) is 60.9 Å². The van der Waals surface area contributed by atoms with E-state index >= 15 is 0 Å². The highest BCUT2D eigenvalue weighted by Gasteiger charge is 2.10.